The molecule has 6 heteroatoms. The molecule has 1 aromatic rings. The van der Waals surface area contributed by atoms with Gasteiger partial charge in [-0.15, -0.1) is 0 Å². The molecule has 1 atom stereocenters. The third-order valence-electron chi connectivity index (χ3n) is 3.09. The van der Waals surface area contributed by atoms with Gasteiger partial charge in [-0.05, 0) is 0 Å². The molecule has 5 nitrogen and oxygen atoms in total. The van der Waals surface area contributed by atoms with E-state index in [0.29, 0.717) is 9.36 Å². The van der Waals surface area contributed by atoms with Gasteiger partial charge < -0.3 is 0 Å². The minimum atomic E-state index is -0.670. The van der Waals surface area contributed by atoms with Gasteiger partial charge in [0.25, 0.3) is 0 Å². The van der Waals surface area contributed by atoms with Gasteiger partial charge in [0.15, 0.2) is 0 Å². The standard InChI is InChI=1S/C15H15N2O3.In/c1-2-3-11-16-14(18)6-4-5-12-7-9-13(10-8-12)15(19)17-20;/h1,7-11,20H,2-3,6H2,(H,16,18)(H,17,19);. The van der Waals surface area contributed by atoms with Crippen molar-refractivity contribution in [1.29, 1.82) is 0 Å². The Kier molecular flexibility index (Phi) is 6.03. The first-order valence-corrected chi connectivity index (χ1v) is 10.5. The summed E-state index contributed by atoms with van der Waals surface area (Å²) in [6.45, 7) is 0. The first kappa shape index (κ1) is 15.8. The molecule has 21 heavy (non-hydrogen) atoms. The monoisotopic (exact) mass is 386 g/mol. The second-order valence-electron chi connectivity index (χ2n) is 4.68. The van der Waals surface area contributed by atoms with Crippen molar-refractivity contribution in [3.05, 3.63) is 35.4 Å². The van der Waals surface area contributed by atoms with Crippen LogP contribution in [0.1, 0.15) is 35.2 Å². The van der Waals surface area contributed by atoms with Crippen molar-refractivity contribution >= 4 is 38.0 Å². The number of hydrogen-bond donors (Lipinski definition) is 3. The van der Waals surface area contributed by atoms with E-state index in [2.05, 4.69) is 20.9 Å². The van der Waals surface area contributed by atoms with Crippen LogP contribution in [-0.4, -0.2) is 47.0 Å². The molecule has 3 N–H and O–H groups in total. The summed E-state index contributed by atoms with van der Waals surface area (Å²) < 4.78 is 2.82. The van der Waals surface area contributed by atoms with Crippen LogP contribution in [0.15, 0.2) is 24.3 Å². The molecule has 1 aliphatic rings. The molecule has 1 aromatic carbocycles. The van der Waals surface area contributed by atoms with Crippen molar-refractivity contribution in [3.63, 3.8) is 0 Å². The van der Waals surface area contributed by atoms with Crippen molar-refractivity contribution in [2.24, 2.45) is 0 Å². The average molecular weight is 386 g/mol. The summed E-state index contributed by atoms with van der Waals surface area (Å²) in [4.78, 5) is 22.8. The van der Waals surface area contributed by atoms with Crippen LogP contribution in [-0.2, 0) is 4.79 Å². The Morgan fingerprint density at radius 2 is 2.10 bits per heavy atom. The quantitative estimate of drug-likeness (QED) is 0.397. The summed E-state index contributed by atoms with van der Waals surface area (Å²) >= 11 is -0.670. The predicted octanol–water partition coefficient (Wildman–Crippen LogP) is 0.290. The number of amides is 2. The van der Waals surface area contributed by atoms with Gasteiger partial charge in [0.05, 0.1) is 0 Å². The Hall–Kier alpha value is -1.58. The third-order valence-corrected chi connectivity index (χ3v) is 7.57. The molecule has 2 rings (SSSR count). The number of hydroxylamine groups is 1. The molecule has 0 aliphatic carbocycles. The summed E-state index contributed by atoms with van der Waals surface area (Å²) in [5.41, 5.74) is 2.65. The molecule has 0 bridgehead atoms. The molecular weight excluding hydrogens is 371 g/mol. The molecule has 0 aromatic heterocycles. The fourth-order valence-electron chi connectivity index (χ4n) is 2.01. The zero-order valence-corrected chi connectivity index (χ0v) is 14.7. The van der Waals surface area contributed by atoms with E-state index in [4.69, 9.17) is 5.21 Å². The molecule has 0 fully saturated rings. The predicted molar refractivity (Wildman–Crippen MR) is 80.2 cm³/mol. The van der Waals surface area contributed by atoms with Gasteiger partial charge >= 0.3 is 129 Å². The van der Waals surface area contributed by atoms with Gasteiger partial charge in [-0.1, -0.05) is 0 Å². The summed E-state index contributed by atoms with van der Waals surface area (Å²) in [7, 11) is 0. The Morgan fingerprint density at radius 1 is 1.33 bits per heavy atom. The van der Waals surface area contributed by atoms with Crippen molar-refractivity contribution in [2.75, 3.05) is 0 Å². The van der Waals surface area contributed by atoms with Crippen LogP contribution in [0.2, 0.25) is 0 Å². The van der Waals surface area contributed by atoms with E-state index in [1.165, 1.54) is 0 Å². The van der Waals surface area contributed by atoms with Crippen molar-refractivity contribution < 1.29 is 14.8 Å². The van der Waals surface area contributed by atoms with Gasteiger partial charge in [0.1, 0.15) is 0 Å². The molecule has 1 aliphatic heterocycles. The first-order valence-electron chi connectivity index (χ1n) is 6.68. The number of benzene rings is 1. The normalized spacial score (nSPS) is 15.6. The van der Waals surface area contributed by atoms with E-state index < -0.39 is 28.3 Å². The summed E-state index contributed by atoms with van der Waals surface area (Å²) in [5.74, 6) is 5.15. The van der Waals surface area contributed by atoms with Crippen LogP contribution < -0.4 is 10.8 Å². The number of carbonyl (C=O) groups is 2. The van der Waals surface area contributed by atoms with Crippen LogP contribution in [0.3, 0.4) is 0 Å². The fraction of sp³-hybridized carbons (Fsp3) is 0.267. The topological polar surface area (TPSA) is 78.4 Å². The van der Waals surface area contributed by atoms with E-state index in [1.54, 1.807) is 29.7 Å². The Bertz CT molecular complexity index is 614. The van der Waals surface area contributed by atoms with Gasteiger partial charge in [-0.3, -0.25) is 5.21 Å². The van der Waals surface area contributed by atoms with Crippen molar-refractivity contribution in [2.45, 2.75) is 23.1 Å². The second-order valence-corrected chi connectivity index (χ2v) is 9.42. The average Bonchev–Trinajstić information content (AvgIpc) is 3.00. The molecule has 0 saturated carbocycles. The van der Waals surface area contributed by atoms with Crippen LogP contribution in [0.25, 0.3) is 0 Å². The third kappa shape index (κ3) is 5.03. The van der Waals surface area contributed by atoms with Crippen molar-refractivity contribution in [3.8, 4) is 11.8 Å². The molecule has 1 unspecified atom stereocenters. The van der Waals surface area contributed by atoms with E-state index in [9.17, 15) is 9.59 Å². The molecule has 0 spiro atoms. The van der Waals surface area contributed by atoms with Gasteiger partial charge in [-0.25, -0.2) is 0 Å². The Morgan fingerprint density at radius 3 is 2.71 bits per heavy atom. The molecular formula is C15H15InN2O3. The number of carbonyl (C=O) groups excluding carboxylic acids is 2. The van der Waals surface area contributed by atoms with Gasteiger partial charge in [0, 0.05) is 0 Å². The Balaban J connectivity index is 1.85. The number of rotatable bonds is 3. The SMILES string of the molecule is O=C(CC#Cc1ccc(C(=O)NO)cc1)N[CH]1CC[CH]=[In]1. The fourth-order valence-corrected chi connectivity index (χ4v) is 5.95. The van der Waals surface area contributed by atoms with Crippen LogP contribution >= 0.6 is 0 Å². The first-order chi connectivity index (χ1) is 10.2. The molecule has 1 heterocycles. The van der Waals surface area contributed by atoms with E-state index in [0.717, 1.165) is 18.4 Å². The summed E-state index contributed by atoms with van der Waals surface area (Å²) in [5, 5.41) is 11.5. The molecule has 2 amide bonds. The van der Waals surface area contributed by atoms with E-state index >= 15 is 0 Å². The summed E-state index contributed by atoms with van der Waals surface area (Å²) in [6, 6.07) is 6.49. The second kappa shape index (κ2) is 8.01. The minimum absolute atomic E-state index is 0.00891. The van der Waals surface area contributed by atoms with Crippen LogP contribution in [0.4, 0.5) is 0 Å². The number of nitrogens with one attached hydrogen (secondary N) is 2. The molecule has 106 valence electrons. The maximum atomic E-state index is 11.7. The zero-order chi connectivity index (χ0) is 15.1. The Labute approximate surface area is 133 Å². The molecule has 0 saturated heterocycles. The van der Waals surface area contributed by atoms with Crippen LogP contribution in [0, 0.1) is 11.8 Å². The van der Waals surface area contributed by atoms with Crippen LogP contribution in [0.5, 0.6) is 0 Å². The zero-order valence-electron chi connectivity index (χ0n) is 11.4. The van der Waals surface area contributed by atoms with E-state index in [1.807, 2.05) is 0 Å². The summed E-state index contributed by atoms with van der Waals surface area (Å²) in [6.07, 6.45) is 2.43. The number of hydrogen-bond acceptors (Lipinski definition) is 3. The van der Waals surface area contributed by atoms with Gasteiger partial charge in [-0.2, -0.15) is 0 Å². The maximum absolute atomic E-state index is 11.7. The van der Waals surface area contributed by atoms with Crippen molar-refractivity contribution in [1.82, 2.24) is 10.8 Å². The van der Waals surface area contributed by atoms with Gasteiger partial charge in [0.2, 0.25) is 0 Å². The molecule has 0 radical (unpaired) electrons. The van der Waals surface area contributed by atoms with E-state index in [-0.39, 0.29) is 12.3 Å².